The summed E-state index contributed by atoms with van der Waals surface area (Å²) in [5, 5.41) is 11.3. The van der Waals surface area contributed by atoms with Crippen LogP contribution in [0.15, 0.2) is 54.6 Å². The highest BCUT2D eigenvalue weighted by Gasteiger charge is 2.36. The molecule has 0 saturated heterocycles. The van der Waals surface area contributed by atoms with Gasteiger partial charge in [0.1, 0.15) is 5.82 Å². The third-order valence-electron chi connectivity index (χ3n) is 6.99. The van der Waals surface area contributed by atoms with Gasteiger partial charge in [-0.15, -0.1) is 0 Å². The number of nitrogens with zero attached hydrogens (tertiary/aromatic N) is 2. The van der Waals surface area contributed by atoms with Crippen LogP contribution in [-0.2, 0) is 17.8 Å². The van der Waals surface area contributed by atoms with E-state index in [9.17, 15) is 14.3 Å². The van der Waals surface area contributed by atoms with Crippen molar-refractivity contribution in [1.29, 1.82) is 0 Å². The Labute approximate surface area is 199 Å². The second-order valence-corrected chi connectivity index (χ2v) is 9.26. The van der Waals surface area contributed by atoms with E-state index in [1.54, 1.807) is 12.1 Å². The second kappa shape index (κ2) is 9.65. The fourth-order valence-corrected chi connectivity index (χ4v) is 5.44. The predicted octanol–water partition coefficient (Wildman–Crippen LogP) is 5.38. The molecular weight excluding hydrogens is 431 g/mol. The van der Waals surface area contributed by atoms with E-state index in [-0.39, 0.29) is 11.7 Å². The smallest absolute Gasteiger partial charge is 0.340 e. The van der Waals surface area contributed by atoms with Crippen LogP contribution in [0.1, 0.15) is 70.6 Å². The number of carbonyl (C=O) groups is 1. The molecule has 2 aliphatic rings. The number of esters is 1. The Balaban J connectivity index is 1.67. The Morgan fingerprint density at radius 1 is 1.12 bits per heavy atom. The first kappa shape index (κ1) is 22.7. The molecule has 1 fully saturated rings. The van der Waals surface area contributed by atoms with Crippen LogP contribution in [0.3, 0.4) is 0 Å². The fraction of sp³-hybridized carbons (Fsp3) is 0.357. The molecule has 6 heteroatoms. The van der Waals surface area contributed by atoms with Gasteiger partial charge in [-0.1, -0.05) is 55.3 Å². The SMILES string of the molecule is COC(=O)c1c(C2CCCC2)nc2c(c1-c1ccc(F)cc1)C(O)CN(Cc1ccccc1)C2. The van der Waals surface area contributed by atoms with Crippen LogP contribution in [0, 0.1) is 5.82 Å². The molecule has 0 spiro atoms. The summed E-state index contributed by atoms with van der Waals surface area (Å²) in [7, 11) is 1.37. The quantitative estimate of drug-likeness (QED) is 0.518. The van der Waals surface area contributed by atoms with E-state index < -0.39 is 12.1 Å². The van der Waals surface area contributed by atoms with Crippen molar-refractivity contribution < 1.29 is 19.0 Å². The van der Waals surface area contributed by atoms with E-state index in [0.29, 0.717) is 41.9 Å². The number of aliphatic hydroxyl groups is 1. The van der Waals surface area contributed by atoms with Crippen LogP contribution < -0.4 is 0 Å². The molecule has 176 valence electrons. The van der Waals surface area contributed by atoms with Crippen molar-refractivity contribution in [3.05, 3.63) is 88.5 Å². The lowest BCUT2D eigenvalue weighted by molar-refractivity contribution is 0.0596. The van der Waals surface area contributed by atoms with Crippen molar-refractivity contribution in [2.45, 2.75) is 50.8 Å². The summed E-state index contributed by atoms with van der Waals surface area (Å²) in [5.74, 6) is -0.646. The number of hydrogen-bond acceptors (Lipinski definition) is 5. The highest BCUT2D eigenvalue weighted by atomic mass is 19.1. The lowest BCUT2D eigenvalue weighted by atomic mass is 9.84. The van der Waals surface area contributed by atoms with Gasteiger partial charge in [0.2, 0.25) is 0 Å². The lowest BCUT2D eigenvalue weighted by Crippen LogP contribution is -2.35. The summed E-state index contributed by atoms with van der Waals surface area (Å²) in [6, 6.07) is 16.3. The summed E-state index contributed by atoms with van der Waals surface area (Å²) in [6.07, 6.45) is 3.29. The molecule has 3 aromatic rings. The third-order valence-corrected chi connectivity index (χ3v) is 6.99. The van der Waals surface area contributed by atoms with Gasteiger partial charge in [0.05, 0.1) is 30.2 Å². The van der Waals surface area contributed by atoms with Gasteiger partial charge in [-0.3, -0.25) is 9.88 Å². The topological polar surface area (TPSA) is 62.7 Å². The maximum Gasteiger partial charge on any atom is 0.340 e. The average Bonchev–Trinajstić information content (AvgIpc) is 3.38. The first-order chi connectivity index (χ1) is 16.5. The fourth-order valence-electron chi connectivity index (χ4n) is 5.44. The van der Waals surface area contributed by atoms with E-state index in [1.165, 1.54) is 24.8 Å². The molecule has 1 saturated carbocycles. The number of pyridine rings is 1. The van der Waals surface area contributed by atoms with E-state index in [0.717, 1.165) is 37.1 Å². The zero-order chi connectivity index (χ0) is 23.7. The number of fused-ring (bicyclic) bond motifs is 1. The van der Waals surface area contributed by atoms with Crippen LogP contribution in [0.25, 0.3) is 11.1 Å². The maximum atomic E-state index is 13.8. The number of methoxy groups -OCH3 is 1. The number of β-amino-alcohol motifs (C(OH)–C–C–N with tert-alkyl or cyclic N) is 1. The summed E-state index contributed by atoms with van der Waals surface area (Å²) in [4.78, 5) is 20.3. The van der Waals surface area contributed by atoms with E-state index in [1.807, 2.05) is 18.2 Å². The highest BCUT2D eigenvalue weighted by Crippen LogP contribution is 2.43. The van der Waals surface area contributed by atoms with Gasteiger partial charge < -0.3 is 9.84 Å². The molecule has 34 heavy (non-hydrogen) atoms. The van der Waals surface area contributed by atoms with E-state index in [2.05, 4.69) is 17.0 Å². The minimum Gasteiger partial charge on any atom is -0.465 e. The number of aromatic nitrogens is 1. The number of aliphatic hydroxyl groups excluding tert-OH is 1. The number of benzene rings is 2. The molecule has 0 radical (unpaired) electrons. The molecule has 2 aromatic carbocycles. The minimum absolute atomic E-state index is 0.167. The van der Waals surface area contributed by atoms with Gasteiger partial charge in [0.15, 0.2) is 0 Å². The molecule has 1 aromatic heterocycles. The number of ether oxygens (including phenoxy) is 1. The Bertz CT molecular complexity index is 1170. The predicted molar refractivity (Wildman–Crippen MR) is 128 cm³/mol. The number of hydrogen-bond donors (Lipinski definition) is 1. The maximum absolute atomic E-state index is 13.8. The van der Waals surface area contributed by atoms with Crippen LogP contribution in [0.2, 0.25) is 0 Å². The molecule has 0 bridgehead atoms. The highest BCUT2D eigenvalue weighted by molar-refractivity contribution is 6.00. The van der Waals surface area contributed by atoms with Gasteiger partial charge in [0, 0.05) is 36.7 Å². The van der Waals surface area contributed by atoms with Gasteiger partial charge >= 0.3 is 5.97 Å². The van der Waals surface area contributed by atoms with Crippen molar-refractivity contribution >= 4 is 5.97 Å². The summed E-state index contributed by atoms with van der Waals surface area (Å²) in [6.45, 7) is 1.68. The van der Waals surface area contributed by atoms with Crippen molar-refractivity contribution in [3.8, 4) is 11.1 Å². The minimum atomic E-state index is -0.832. The third kappa shape index (κ3) is 4.36. The van der Waals surface area contributed by atoms with Crippen molar-refractivity contribution in [3.63, 3.8) is 0 Å². The largest absolute Gasteiger partial charge is 0.465 e. The summed E-state index contributed by atoms with van der Waals surface area (Å²) < 4.78 is 19.0. The first-order valence-corrected chi connectivity index (χ1v) is 11.9. The first-order valence-electron chi connectivity index (χ1n) is 11.9. The molecule has 1 aliphatic carbocycles. The Morgan fingerprint density at radius 2 is 1.82 bits per heavy atom. The molecule has 1 unspecified atom stereocenters. The van der Waals surface area contributed by atoms with E-state index >= 15 is 0 Å². The zero-order valence-electron chi connectivity index (χ0n) is 19.3. The summed E-state index contributed by atoms with van der Waals surface area (Å²) >= 11 is 0. The molecule has 1 aliphatic heterocycles. The molecule has 0 amide bonds. The van der Waals surface area contributed by atoms with Gasteiger partial charge in [0.25, 0.3) is 0 Å². The monoisotopic (exact) mass is 460 g/mol. The van der Waals surface area contributed by atoms with Gasteiger partial charge in [-0.2, -0.15) is 0 Å². The molecular formula is C28H29FN2O3. The van der Waals surface area contributed by atoms with E-state index in [4.69, 9.17) is 9.72 Å². The number of rotatable bonds is 5. The van der Waals surface area contributed by atoms with Gasteiger partial charge in [-0.05, 0) is 36.1 Å². The molecule has 5 rings (SSSR count). The van der Waals surface area contributed by atoms with Crippen LogP contribution in [0.4, 0.5) is 4.39 Å². The van der Waals surface area contributed by atoms with Crippen LogP contribution in [0.5, 0.6) is 0 Å². The van der Waals surface area contributed by atoms with Crippen molar-refractivity contribution in [2.75, 3.05) is 13.7 Å². The van der Waals surface area contributed by atoms with Crippen LogP contribution >= 0.6 is 0 Å². The summed E-state index contributed by atoms with van der Waals surface area (Å²) in [5.41, 5.74) is 5.08. The normalized spacial score (nSPS) is 18.6. The standard InChI is InChI=1S/C28H29FN2O3/c1-34-28(33)26-24(19-11-13-21(29)14-12-19)25-22(30-27(26)20-9-5-6-10-20)16-31(17-23(25)32)15-18-7-3-2-4-8-18/h2-4,7-8,11-14,20,23,32H,5-6,9-10,15-17H2,1H3. The van der Waals surface area contributed by atoms with Crippen molar-refractivity contribution in [1.82, 2.24) is 9.88 Å². The zero-order valence-corrected chi connectivity index (χ0v) is 19.3. The Morgan fingerprint density at radius 3 is 2.50 bits per heavy atom. The second-order valence-electron chi connectivity index (χ2n) is 9.26. The number of halogens is 1. The number of carbonyl (C=O) groups excluding carboxylic acids is 1. The van der Waals surface area contributed by atoms with Crippen LogP contribution in [-0.4, -0.2) is 34.6 Å². The molecule has 2 heterocycles. The van der Waals surface area contributed by atoms with Gasteiger partial charge in [-0.25, -0.2) is 9.18 Å². The molecule has 1 N–H and O–H groups in total. The molecule has 5 nitrogen and oxygen atoms in total. The average molecular weight is 461 g/mol. The molecule has 1 atom stereocenters. The Kier molecular flexibility index (Phi) is 6.44. The van der Waals surface area contributed by atoms with Crippen molar-refractivity contribution in [2.24, 2.45) is 0 Å². The lowest BCUT2D eigenvalue weighted by Gasteiger charge is -2.34. The Hall–Kier alpha value is -3.09.